The van der Waals surface area contributed by atoms with Gasteiger partial charge in [0.15, 0.2) is 0 Å². The highest BCUT2D eigenvalue weighted by Crippen LogP contribution is 2.32. The van der Waals surface area contributed by atoms with Gasteiger partial charge in [0.1, 0.15) is 6.07 Å². The molecule has 2 aromatic rings. The van der Waals surface area contributed by atoms with Crippen molar-refractivity contribution in [1.29, 1.82) is 5.26 Å². The van der Waals surface area contributed by atoms with E-state index in [0.717, 1.165) is 22.4 Å². The number of fused-ring (bicyclic) bond motifs is 1. The van der Waals surface area contributed by atoms with Crippen molar-refractivity contribution in [2.24, 2.45) is 0 Å². The number of anilines is 1. The number of thioether (sulfide) groups is 1. The van der Waals surface area contributed by atoms with Crippen LogP contribution in [-0.2, 0) is 12.2 Å². The van der Waals surface area contributed by atoms with Crippen molar-refractivity contribution in [2.45, 2.75) is 12.2 Å². The van der Waals surface area contributed by atoms with Crippen molar-refractivity contribution in [3.05, 3.63) is 49.6 Å². The third-order valence-corrected chi connectivity index (χ3v) is 5.94. The molecule has 1 aromatic heterocycles. The van der Waals surface area contributed by atoms with E-state index in [1.165, 1.54) is 10.4 Å². The van der Waals surface area contributed by atoms with E-state index in [2.05, 4.69) is 27.3 Å². The van der Waals surface area contributed by atoms with E-state index in [0.29, 0.717) is 16.1 Å². The fourth-order valence-electron chi connectivity index (χ4n) is 2.16. The zero-order valence-corrected chi connectivity index (χ0v) is 14.2. The highest BCUT2D eigenvalue weighted by atomic mass is 79.9. The van der Waals surface area contributed by atoms with Gasteiger partial charge in [-0.25, -0.2) is 0 Å². The first-order valence-electron chi connectivity index (χ1n) is 6.37. The van der Waals surface area contributed by atoms with Gasteiger partial charge in [-0.2, -0.15) is 17.0 Å². The molecule has 1 aliphatic heterocycles. The first-order valence-corrected chi connectivity index (χ1v) is 9.14. The number of carbonyl (C=O) groups excluding carboxylic acids is 1. The lowest BCUT2D eigenvalue weighted by Gasteiger charge is -2.08. The molecule has 3 rings (SSSR count). The Morgan fingerprint density at radius 1 is 1.38 bits per heavy atom. The van der Waals surface area contributed by atoms with Crippen molar-refractivity contribution < 1.29 is 4.79 Å². The Hall–Kier alpha value is -1.29. The Morgan fingerprint density at radius 2 is 2.24 bits per heavy atom. The van der Waals surface area contributed by atoms with Gasteiger partial charge in [0.05, 0.1) is 16.1 Å². The molecule has 1 aromatic carbocycles. The summed E-state index contributed by atoms with van der Waals surface area (Å²) in [6.45, 7) is 0. The minimum absolute atomic E-state index is 0.144. The zero-order valence-electron chi connectivity index (χ0n) is 11.0. The molecule has 2 heterocycles. The number of benzene rings is 1. The summed E-state index contributed by atoms with van der Waals surface area (Å²) in [6, 6.07) is 9.30. The predicted molar refractivity (Wildman–Crippen MR) is 91.0 cm³/mol. The zero-order chi connectivity index (χ0) is 14.8. The van der Waals surface area contributed by atoms with Crippen LogP contribution in [0, 0.1) is 11.3 Å². The van der Waals surface area contributed by atoms with Crippen LogP contribution in [0.3, 0.4) is 0 Å². The monoisotopic (exact) mass is 378 g/mol. The van der Waals surface area contributed by atoms with Crippen molar-refractivity contribution in [3.63, 3.8) is 0 Å². The van der Waals surface area contributed by atoms with Gasteiger partial charge < -0.3 is 5.32 Å². The fraction of sp³-hybridized carbons (Fsp3) is 0.200. The number of amides is 1. The van der Waals surface area contributed by atoms with Crippen LogP contribution in [0.2, 0.25) is 0 Å². The van der Waals surface area contributed by atoms with Crippen LogP contribution >= 0.6 is 39.0 Å². The van der Waals surface area contributed by atoms with Crippen molar-refractivity contribution in [2.75, 3.05) is 11.1 Å². The first kappa shape index (κ1) is 14.6. The van der Waals surface area contributed by atoms with Crippen molar-refractivity contribution >= 4 is 50.6 Å². The number of nitrogens with zero attached hydrogens (tertiary/aromatic N) is 1. The van der Waals surface area contributed by atoms with E-state index in [-0.39, 0.29) is 5.91 Å². The summed E-state index contributed by atoms with van der Waals surface area (Å²) in [4.78, 5) is 14.4. The number of nitrogens with one attached hydrogen (secondary N) is 1. The van der Waals surface area contributed by atoms with Crippen molar-refractivity contribution in [3.8, 4) is 6.07 Å². The quantitative estimate of drug-likeness (QED) is 0.840. The summed E-state index contributed by atoms with van der Waals surface area (Å²) in [5.74, 6) is 1.96. The third-order valence-electron chi connectivity index (χ3n) is 3.20. The lowest BCUT2D eigenvalue weighted by atomic mass is 10.2. The average molecular weight is 379 g/mol. The maximum absolute atomic E-state index is 12.4. The van der Waals surface area contributed by atoms with Gasteiger partial charge in [-0.1, -0.05) is 15.9 Å². The van der Waals surface area contributed by atoms with Gasteiger partial charge in [-0.3, -0.25) is 4.79 Å². The number of aryl methyl sites for hydroxylation is 1. The van der Waals surface area contributed by atoms with Gasteiger partial charge in [0.2, 0.25) is 0 Å². The largest absolute Gasteiger partial charge is 0.320 e. The minimum Gasteiger partial charge on any atom is -0.320 e. The summed E-state index contributed by atoms with van der Waals surface area (Å²) in [6.07, 6.45) is 1.04. The molecule has 1 amide bonds. The molecule has 0 saturated carbocycles. The Kier molecular flexibility index (Phi) is 4.34. The summed E-state index contributed by atoms with van der Waals surface area (Å²) in [7, 11) is 0. The van der Waals surface area contributed by atoms with Gasteiger partial charge in [-0.15, -0.1) is 11.3 Å². The summed E-state index contributed by atoms with van der Waals surface area (Å²) >= 11 is 6.82. The molecule has 0 spiro atoms. The molecular weight excluding hydrogens is 368 g/mol. The lowest BCUT2D eigenvalue weighted by molar-refractivity contribution is 0.103. The van der Waals surface area contributed by atoms with Crippen molar-refractivity contribution in [1.82, 2.24) is 0 Å². The average Bonchev–Trinajstić information content (AvgIpc) is 2.91. The number of rotatable bonds is 2. The summed E-state index contributed by atoms with van der Waals surface area (Å²) in [5.41, 5.74) is 2.28. The molecule has 0 bridgehead atoms. The summed E-state index contributed by atoms with van der Waals surface area (Å²) in [5, 5.41) is 11.9. The van der Waals surface area contributed by atoms with E-state index < -0.39 is 0 Å². The smallest absolute Gasteiger partial charge is 0.265 e. The predicted octanol–water partition coefficient (Wildman–Crippen LogP) is 4.42. The topological polar surface area (TPSA) is 52.9 Å². The van der Waals surface area contributed by atoms with Gasteiger partial charge >= 0.3 is 0 Å². The maximum atomic E-state index is 12.4. The molecule has 0 fully saturated rings. The maximum Gasteiger partial charge on any atom is 0.265 e. The Balaban J connectivity index is 1.85. The molecule has 1 aliphatic rings. The lowest BCUT2D eigenvalue weighted by Crippen LogP contribution is -2.11. The molecule has 3 nitrogen and oxygen atoms in total. The van der Waals surface area contributed by atoms with Crippen LogP contribution in [0.5, 0.6) is 0 Å². The molecule has 0 aliphatic carbocycles. The van der Waals surface area contributed by atoms with Gasteiger partial charge in [0, 0.05) is 15.1 Å². The molecule has 1 N–H and O–H groups in total. The number of nitriles is 1. The minimum atomic E-state index is -0.144. The molecule has 106 valence electrons. The van der Waals surface area contributed by atoms with Crippen LogP contribution in [0.25, 0.3) is 0 Å². The third kappa shape index (κ3) is 3.15. The van der Waals surface area contributed by atoms with E-state index in [1.807, 2.05) is 17.8 Å². The molecule has 0 atom stereocenters. The molecule has 0 saturated heterocycles. The van der Waals surface area contributed by atoms with Crippen LogP contribution < -0.4 is 5.32 Å². The highest BCUT2D eigenvalue weighted by molar-refractivity contribution is 9.10. The van der Waals surface area contributed by atoms with Gasteiger partial charge in [-0.05, 0) is 42.0 Å². The number of hydrogen-bond acceptors (Lipinski definition) is 4. The molecule has 0 radical (unpaired) electrons. The van der Waals surface area contributed by atoms with Gasteiger partial charge in [0.25, 0.3) is 5.91 Å². The fourth-order valence-corrected chi connectivity index (χ4v) is 4.79. The van der Waals surface area contributed by atoms with E-state index >= 15 is 0 Å². The second-order valence-corrected chi connectivity index (χ2v) is 7.78. The Labute approximate surface area is 139 Å². The Morgan fingerprint density at radius 3 is 3.00 bits per heavy atom. The van der Waals surface area contributed by atoms with E-state index in [1.54, 1.807) is 29.5 Å². The molecular formula is C15H11BrN2OS2. The molecule has 0 unspecified atom stereocenters. The number of carbonyl (C=O) groups is 1. The van der Waals surface area contributed by atoms with E-state index in [9.17, 15) is 4.79 Å². The second kappa shape index (κ2) is 6.22. The van der Waals surface area contributed by atoms with E-state index in [4.69, 9.17) is 5.26 Å². The standard InChI is InChI=1S/C15H11BrN2OS2/c16-11-2-1-9(7-17)12(6-11)18-15(19)14-5-10-8-20-4-3-13(10)21-14/h1-2,5-6H,3-4,8H2,(H,18,19). The molecule has 6 heteroatoms. The summed E-state index contributed by atoms with van der Waals surface area (Å²) < 4.78 is 0.832. The van der Waals surface area contributed by atoms with Crippen LogP contribution in [-0.4, -0.2) is 11.7 Å². The molecule has 21 heavy (non-hydrogen) atoms. The number of halogens is 1. The number of thiophene rings is 1. The number of hydrogen-bond donors (Lipinski definition) is 1. The SMILES string of the molecule is N#Cc1ccc(Br)cc1NC(=O)c1cc2c(s1)CCSC2. The highest BCUT2D eigenvalue weighted by Gasteiger charge is 2.18. The normalized spacial score (nSPS) is 13.3. The second-order valence-electron chi connectivity index (χ2n) is 4.62. The van der Waals surface area contributed by atoms with Crippen LogP contribution in [0.4, 0.5) is 5.69 Å². The Bertz CT molecular complexity index is 725. The van der Waals surface area contributed by atoms with Crippen LogP contribution in [0.15, 0.2) is 28.7 Å². The first-order chi connectivity index (χ1) is 10.2. The van der Waals surface area contributed by atoms with Crippen LogP contribution in [0.1, 0.15) is 25.7 Å².